The van der Waals surface area contributed by atoms with Gasteiger partial charge in [0.05, 0.1) is 26.4 Å². The van der Waals surface area contributed by atoms with Gasteiger partial charge in [0, 0.05) is 12.6 Å². The molecular weight excluding hydrogens is 218 g/mol. The largest absolute Gasteiger partial charge is 0.468 e. The summed E-state index contributed by atoms with van der Waals surface area (Å²) in [6, 6.07) is 0.532. The van der Waals surface area contributed by atoms with Crippen LogP contribution in [0.2, 0.25) is 0 Å². The molecule has 0 aromatic heterocycles. The van der Waals surface area contributed by atoms with Crippen LogP contribution in [0.3, 0.4) is 0 Å². The molecule has 0 N–H and O–H groups in total. The lowest BCUT2D eigenvalue weighted by Crippen LogP contribution is -2.40. The van der Waals surface area contributed by atoms with E-state index in [2.05, 4.69) is 4.90 Å². The number of ether oxygens (including phenoxy) is 2. The predicted molar refractivity (Wildman–Crippen MR) is 66.9 cm³/mol. The van der Waals surface area contributed by atoms with Crippen molar-refractivity contribution < 1.29 is 14.3 Å². The van der Waals surface area contributed by atoms with Crippen LogP contribution in [-0.4, -0.2) is 49.8 Å². The number of methoxy groups -OCH3 is 1. The lowest BCUT2D eigenvalue weighted by atomic mass is 10.2. The molecule has 0 spiro atoms. The highest BCUT2D eigenvalue weighted by atomic mass is 16.5. The maximum atomic E-state index is 11.4. The van der Waals surface area contributed by atoms with E-state index in [9.17, 15) is 4.79 Å². The second-order valence-corrected chi connectivity index (χ2v) is 4.90. The van der Waals surface area contributed by atoms with Crippen molar-refractivity contribution in [1.29, 1.82) is 0 Å². The zero-order valence-electron chi connectivity index (χ0n) is 11.3. The fraction of sp³-hybridized carbons (Fsp3) is 0.923. The van der Waals surface area contributed by atoms with Crippen LogP contribution in [0.1, 0.15) is 39.5 Å². The number of esters is 1. The molecule has 0 bridgehead atoms. The van der Waals surface area contributed by atoms with Crippen LogP contribution in [0, 0.1) is 0 Å². The van der Waals surface area contributed by atoms with E-state index < -0.39 is 0 Å². The minimum atomic E-state index is -0.151. The van der Waals surface area contributed by atoms with Crippen molar-refractivity contribution in [3.8, 4) is 0 Å². The molecule has 0 atom stereocenters. The van der Waals surface area contributed by atoms with Crippen molar-refractivity contribution in [3.63, 3.8) is 0 Å². The Labute approximate surface area is 104 Å². The van der Waals surface area contributed by atoms with E-state index in [1.165, 1.54) is 32.8 Å². The standard InChI is InChI=1S/C13H25NO3/c1-11(2)17-9-8-14(10-13(15)16-3)12-6-4-5-7-12/h11-12H,4-10H2,1-3H3. The van der Waals surface area contributed by atoms with Crippen molar-refractivity contribution in [2.45, 2.75) is 51.7 Å². The molecule has 0 unspecified atom stereocenters. The summed E-state index contributed by atoms with van der Waals surface area (Å²) in [5.74, 6) is -0.151. The van der Waals surface area contributed by atoms with Gasteiger partial charge in [-0.05, 0) is 26.7 Å². The first-order valence-corrected chi connectivity index (χ1v) is 6.56. The maximum absolute atomic E-state index is 11.4. The Kier molecular flexibility index (Phi) is 6.52. The number of hydrogen-bond acceptors (Lipinski definition) is 4. The molecule has 1 rings (SSSR count). The summed E-state index contributed by atoms with van der Waals surface area (Å²) < 4.78 is 10.3. The molecule has 0 heterocycles. The van der Waals surface area contributed by atoms with Crippen LogP contribution in [0.4, 0.5) is 0 Å². The summed E-state index contributed by atoms with van der Waals surface area (Å²) in [7, 11) is 1.44. The smallest absolute Gasteiger partial charge is 0.319 e. The van der Waals surface area contributed by atoms with E-state index in [-0.39, 0.29) is 12.1 Å². The molecule has 1 aliphatic rings. The summed E-state index contributed by atoms with van der Waals surface area (Å²) in [4.78, 5) is 13.6. The Morgan fingerprint density at radius 1 is 1.35 bits per heavy atom. The van der Waals surface area contributed by atoms with Gasteiger partial charge in [-0.2, -0.15) is 0 Å². The van der Waals surface area contributed by atoms with E-state index in [4.69, 9.17) is 9.47 Å². The Morgan fingerprint density at radius 3 is 2.53 bits per heavy atom. The minimum Gasteiger partial charge on any atom is -0.468 e. The molecule has 0 saturated heterocycles. The van der Waals surface area contributed by atoms with Gasteiger partial charge in [-0.25, -0.2) is 0 Å². The Bertz CT molecular complexity index is 225. The molecule has 17 heavy (non-hydrogen) atoms. The SMILES string of the molecule is COC(=O)CN(CCOC(C)C)C1CCCC1. The van der Waals surface area contributed by atoms with Crippen LogP contribution >= 0.6 is 0 Å². The van der Waals surface area contributed by atoms with Crippen molar-refractivity contribution in [2.24, 2.45) is 0 Å². The van der Waals surface area contributed by atoms with Crippen LogP contribution in [0.25, 0.3) is 0 Å². The van der Waals surface area contributed by atoms with Gasteiger partial charge in [0.25, 0.3) is 0 Å². The van der Waals surface area contributed by atoms with Crippen LogP contribution in [0.15, 0.2) is 0 Å². The third-order valence-corrected chi connectivity index (χ3v) is 3.23. The average molecular weight is 243 g/mol. The lowest BCUT2D eigenvalue weighted by molar-refractivity contribution is -0.142. The maximum Gasteiger partial charge on any atom is 0.319 e. The summed E-state index contributed by atoms with van der Waals surface area (Å²) in [6.45, 7) is 5.95. The highest BCUT2D eigenvalue weighted by Crippen LogP contribution is 2.23. The van der Waals surface area contributed by atoms with Gasteiger partial charge < -0.3 is 9.47 Å². The molecule has 1 saturated carbocycles. The monoisotopic (exact) mass is 243 g/mol. The molecule has 4 heteroatoms. The number of nitrogens with zero attached hydrogens (tertiary/aromatic N) is 1. The lowest BCUT2D eigenvalue weighted by Gasteiger charge is -2.27. The first-order valence-electron chi connectivity index (χ1n) is 6.56. The van der Waals surface area contributed by atoms with Crippen LogP contribution < -0.4 is 0 Å². The molecule has 1 fully saturated rings. The van der Waals surface area contributed by atoms with Gasteiger partial charge in [0.15, 0.2) is 0 Å². The summed E-state index contributed by atoms with van der Waals surface area (Å²) >= 11 is 0. The van der Waals surface area contributed by atoms with Gasteiger partial charge in [-0.1, -0.05) is 12.8 Å². The third kappa shape index (κ3) is 5.50. The van der Waals surface area contributed by atoms with Crippen molar-refractivity contribution in [2.75, 3.05) is 26.8 Å². The summed E-state index contributed by atoms with van der Waals surface area (Å²) in [5, 5.41) is 0. The topological polar surface area (TPSA) is 38.8 Å². The highest BCUT2D eigenvalue weighted by Gasteiger charge is 2.24. The molecule has 0 amide bonds. The van der Waals surface area contributed by atoms with Crippen molar-refractivity contribution >= 4 is 5.97 Å². The number of carbonyl (C=O) groups excluding carboxylic acids is 1. The van der Waals surface area contributed by atoms with E-state index in [1.807, 2.05) is 13.8 Å². The third-order valence-electron chi connectivity index (χ3n) is 3.23. The number of rotatable bonds is 7. The highest BCUT2D eigenvalue weighted by molar-refractivity contribution is 5.71. The molecule has 100 valence electrons. The molecular formula is C13H25NO3. The molecule has 4 nitrogen and oxygen atoms in total. The van der Waals surface area contributed by atoms with E-state index >= 15 is 0 Å². The number of carbonyl (C=O) groups is 1. The summed E-state index contributed by atoms with van der Waals surface area (Å²) in [6.07, 6.45) is 5.18. The second kappa shape index (κ2) is 7.67. The second-order valence-electron chi connectivity index (χ2n) is 4.90. The zero-order valence-corrected chi connectivity index (χ0v) is 11.3. The molecule has 0 aliphatic heterocycles. The fourth-order valence-corrected chi connectivity index (χ4v) is 2.30. The molecule has 0 aromatic carbocycles. The zero-order chi connectivity index (χ0) is 12.7. The average Bonchev–Trinajstić information content (AvgIpc) is 2.80. The van der Waals surface area contributed by atoms with Crippen molar-refractivity contribution in [3.05, 3.63) is 0 Å². The summed E-state index contributed by atoms with van der Waals surface area (Å²) in [5.41, 5.74) is 0. The first-order chi connectivity index (χ1) is 8.13. The normalized spacial score (nSPS) is 17.0. The quantitative estimate of drug-likeness (QED) is 0.639. The number of hydrogen-bond donors (Lipinski definition) is 0. The van der Waals surface area contributed by atoms with Gasteiger partial charge in [-0.15, -0.1) is 0 Å². The van der Waals surface area contributed by atoms with Crippen LogP contribution in [0.5, 0.6) is 0 Å². The minimum absolute atomic E-state index is 0.151. The predicted octanol–water partition coefficient (Wildman–Crippen LogP) is 1.83. The molecule has 0 aromatic rings. The molecule has 0 radical (unpaired) electrons. The van der Waals surface area contributed by atoms with Gasteiger partial charge in [-0.3, -0.25) is 9.69 Å². The first kappa shape index (κ1) is 14.5. The van der Waals surface area contributed by atoms with E-state index in [0.717, 1.165) is 6.54 Å². The van der Waals surface area contributed by atoms with E-state index in [0.29, 0.717) is 19.2 Å². The Balaban J connectivity index is 2.37. The van der Waals surface area contributed by atoms with Gasteiger partial charge >= 0.3 is 5.97 Å². The fourth-order valence-electron chi connectivity index (χ4n) is 2.30. The van der Waals surface area contributed by atoms with Gasteiger partial charge in [0.2, 0.25) is 0 Å². The van der Waals surface area contributed by atoms with E-state index in [1.54, 1.807) is 0 Å². The Morgan fingerprint density at radius 2 is 2.00 bits per heavy atom. The van der Waals surface area contributed by atoms with Crippen molar-refractivity contribution in [1.82, 2.24) is 4.90 Å². The van der Waals surface area contributed by atoms with Crippen LogP contribution in [-0.2, 0) is 14.3 Å². The van der Waals surface area contributed by atoms with Gasteiger partial charge in [0.1, 0.15) is 0 Å². The Hall–Kier alpha value is -0.610. The molecule has 1 aliphatic carbocycles.